The van der Waals surface area contributed by atoms with Crippen LogP contribution in [0.15, 0.2) is 79.3 Å². The predicted molar refractivity (Wildman–Crippen MR) is 158 cm³/mol. The van der Waals surface area contributed by atoms with Crippen molar-refractivity contribution in [1.82, 2.24) is 24.6 Å². The van der Waals surface area contributed by atoms with E-state index in [1.54, 1.807) is 36.2 Å². The molecule has 2 aromatic heterocycles. The number of benzene rings is 3. The van der Waals surface area contributed by atoms with Gasteiger partial charge < -0.3 is 24.4 Å². The lowest BCUT2D eigenvalue weighted by Gasteiger charge is -2.37. The minimum atomic E-state index is -0.638. The molecule has 0 radical (unpaired) electrons. The molecule has 8 bridgehead atoms. The van der Waals surface area contributed by atoms with Crippen molar-refractivity contribution < 1.29 is 28.2 Å². The van der Waals surface area contributed by atoms with Gasteiger partial charge in [0.15, 0.2) is 11.5 Å². The lowest BCUT2D eigenvalue weighted by atomic mass is 9.87. The maximum Gasteiger partial charge on any atom is 0.274 e. The van der Waals surface area contributed by atoms with E-state index in [1.165, 1.54) is 18.2 Å². The Morgan fingerprint density at radius 3 is 2.84 bits per heavy atom. The highest BCUT2D eigenvalue weighted by Gasteiger charge is 2.34. The molecule has 11 heteroatoms. The van der Waals surface area contributed by atoms with E-state index in [1.807, 2.05) is 41.3 Å². The summed E-state index contributed by atoms with van der Waals surface area (Å²) in [6.07, 6.45) is 6.17. The molecule has 1 unspecified atom stereocenters. The van der Waals surface area contributed by atoms with E-state index >= 15 is 0 Å². The van der Waals surface area contributed by atoms with Crippen LogP contribution in [0.25, 0.3) is 5.78 Å². The van der Waals surface area contributed by atoms with Crippen molar-refractivity contribution in [3.63, 3.8) is 0 Å². The number of nitrogens with one attached hydrogen (secondary N) is 1. The van der Waals surface area contributed by atoms with Crippen molar-refractivity contribution >= 4 is 17.6 Å². The molecule has 222 valence electrons. The second-order valence-electron chi connectivity index (χ2n) is 10.6. The lowest BCUT2D eigenvalue weighted by Crippen LogP contribution is -2.40. The van der Waals surface area contributed by atoms with Crippen LogP contribution in [0.1, 0.15) is 50.0 Å². The van der Waals surface area contributed by atoms with E-state index in [0.29, 0.717) is 53.9 Å². The molecule has 3 aliphatic heterocycles. The van der Waals surface area contributed by atoms with Crippen molar-refractivity contribution in [1.29, 1.82) is 0 Å². The number of fused-ring (bicyclic) bond motifs is 7. The number of nitrogens with zero attached hydrogens (tertiary/aromatic N) is 4. The van der Waals surface area contributed by atoms with Gasteiger partial charge in [-0.2, -0.15) is 0 Å². The third-order valence-electron chi connectivity index (χ3n) is 7.84. The molecule has 3 aromatic carbocycles. The van der Waals surface area contributed by atoms with Gasteiger partial charge >= 0.3 is 0 Å². The molecule has 0 spiro atoms. The summed E-state index contributed by atoms with van der Waals surface area (Å²) < 4.78 is 34.0. The molecule has 44 heavy (non-hydrogen) atoms. The SMILES string of the molecule is COc1ccc2cc1OCCCNC(=O)c1cc(ccc1F)Oc1ccc3c(c1)CCN(C(=O)c1cn4cccnc4n1)C23. The number of hydrogen-bond acceptors (Lipinski definition) is 7. The summed E-state index contributed by atoms with van der Waals surface area (Å²) in [5.41, 5.74) is 2.95. The highest BCUT2D eigenvalue weighted by atomic mass is 19.1. The van der Waals surface area contributed by atoms with Crippen molar-refractivity contribution in [2.75, 3.05) is 26.8 Å². The Bertz CT molecular complexity index is 1870. The van der Waals surface area contributed by atoms with Crippen LogP contribution in [-0.4, -0.2) is 57.9 Å². The second-order valence-corrected chi connectivity index (χ2v) is 10.6. The van der Waals surface area contributed by atoms with Crippen LogP contribution in [0, 0.1) is 5.82 Å². The molecule has 0 saturated heterocycles. The second kappa shape index (κ2) is 11.3. The van der Waals surface area contributed by atoms with Gasteiger partial charge in [-0.3, -0.25) is 14.0 Å². The molecule has 3 aliphatic rings. The maximum absolute atomic E-state index is 14.6. The first-order valence-electron chi connectivity index (χ1n) is 14.3. The average Bonchev–Trinajstić information content (AvgIpc) is 3.48. The third kappa shape index (κ3) is 5.06. The van der Waals surface area contributed by atoms with Crippen LogP contribution < -0.4 is 19.5 Å². The maximum atomic E-state index is 14.6. The fraction of sp³-hybridized carbons (Fsp3) is 0.212. The van der Waals surface area contributed by atoms with Gasteiger partial charge in [0.05, 0.1) is 25.3 Å². The van der Waals surface area contributed by atoms with E-state index < -0.39 is 17.8 Å². The normalized spacial score (nSPS) is 16.4. The molecular formula is C33H28FN5O5. The van der Waals surface area contributed by atoms with E-state index in [4.69, 9.17) is 14.2 Å². The first kappa shape index (κ1) is 27.4. The van der Waals surface area contributed by atoms with Gasteiger partial charge in [0.1, 0.15) is 23.0 Å². The van der Waals surface area contributed by atoms with Gasteiger partial charge in [-0.25, -0.2) is 14.4 Å². The Hall–Kier alpha value is -5.45. The van der Waals surface area contributed by atoms with Gasteiger partial charge in [-0.15, -0.1) is 0 Å². The molecule has 8 rings (SSSR count). The number of carbonyl (C=O) groups is 2. The minimum Gasteiger partial charge on any atom is -0.493 e. The number of carbonyl (C=O) groups excluding carboxylic acids is 2. The first-order valence-corrected chi connectivity index (χ1v) is 14.3. The van der Waals surface area contributed by atoms with Crippen LogP contribution >= 0.6 is 0 Å². The Labute approximate surface area is 252 Å². The zero-order chi connectivity index (χ0) is 30.2. The standard InChI is InChI=1S/C33H28FN5O5/c1-42-28-9-4-21-17-29(28)43-15-3-12-35-31(40)25-18-23(6-8-26(25)34)44-22-5-7-24-20(16-22)10-14-39(30(21)24)32(41)27-19-38-13-2-11-36-33(38)37-27/h2,4-9,11,13,16-19,30H,3,10,12,14-15H2,1H3,(H,35,40). The number of imidazole rings is 1. The summed E-state index contributed by atoms with van der Waals surface area (Å²) in [5, 5.41) is 2.74. The Kier molecular flexibility index (Phi) is 7.05. The van der Waals surface area contributed by atoms with Crippen LogP contribution in [0.4, 0.5) is 4.39 Å². The number of aromatic nitrogens is 3. The highest BCUT2D eigenvalue weighted by molar-refractivity contribution is 5.95. The number of amides is 2. The zero-order valence-electron chi connectivity index (χ0n) is 23.8. The van der Waals surface area contributed by atoms with Crippen molar-refractivity contribution in [3.05, 3.63) is 113 Å². The molecule has 1 atom stereocenters. The molecule has 10 nitrogen and oxygen atoms in total. The van der Waals surface area contributed by atoms with Crippen LogP contribution in [0.3, 0.4) is 0 Å². The van der Waals surface area contributed by atoms with Crippen molar-refractivity contribution in [2.45, 2.75) is 18.9 Å². The Balaban J connectivity index is 1.33. The van der Waals surface area contributed by atoms with Gasteiger partial charge in [-0.05, 0) is 78.1 Å². The molecule has 5 heterocycles. The summed E-state index contributed by atoms with van der Waals surface area (Å²) >= 11 is 0. The molecule has 5 aromatic rings. The average molecular weight is 594 g/mol. The largest absolute Gasteiger partial charge is 0.493 e. The minimum absolute atomic E-state index is 0.103. The molecule has 2 amide bonds. The highest BCUT2D eigenvalue weighted by Crippen LogP contribution is 2.41. The number of hydrogen-bond donors (Lipinski definition) is 1. The summed E-state index contributed by atoms with van der Waals surface area (Å²) in [6.45, 7) is 0.964. The first-order chi connectivity index (χ1) is 21.5. The monoisotopic (exact) mass is 593 g/mol. The van der Waals surface area contributed by atoms with E-state index in [9.17, 15) is 14.0 Å². The van der Waals surface area contributed by atoms with Gasteiger partial charge in [-0.1, -0.05) is 12.1 Å². The Morgan fingerprint density at radius 1 is 1.11 bits per heavy atom. The van der Waals surface area contributed by atoms with Gasteiger partial charge in [0.25, 0.3) is 11.8 Å². The third-order valence-corrected chi connectivity index (χ3v) is 7.84. The summed E-state index contributed by atoms with van der Waals surface area (Å²) in [4.78, 5) is 37.4. The number of rotatable bonds is 2. The topological polar surface area (TPSA) is 107 Å². The predicted octanol–water partition coefficient (Wildman–Crippen LogP) is 4.97. The number of methoxy groups -OCH3 is 1. The quantitative estimate of drug-likeness (QED) is 0.308. The molecule has 0 aliphatic carbocycles. The molecule has 0 fully saturated rings. The van der Waals surface area contributed by atoms with Crippen molar-refractivity contribution in [2.24, 2.45) is 0 Å². The summed E-state index contributed by atoms with van der Waals surface area (Å²) in [5.74, 6) is 0.968. The zero-order valence-corrected chi connectivity index (χ0v) is 23.8. The number of halogens is 1. The van der Waals surface area contributed by atoms with Crippen LogP contribution in [0.2, 0.25) is 0 Å². The molecule has 1 N–H and O–H groups in total. The fourth-order valence-corrected chi connectivity index (χ4v) is 5.73. The molecular weight excluding hydrogens is 565 g/mol. The van der Waals surface area contributed by atoms with E-state index in [0.717, 1.165) is 16.7 Å². The lowest BCUT2D eigenvalue weighted by molar-refractivity contribution is 0.0688. The fourth-order valence-electron chi connectivity index (χ4n) is 5.73. The smallest absolute Gasteiger partial charge is 0.274 e. The Morgan fingerprint density at radius 2 is 1.98 bits per heavy atom. The van der Waals surface area contributed by atoms with Crippen LogP contribution in [0.5, 0.6) is 23.0 Å². The number of ether oxygens (including phenoxy) is 3. The van der Waals surface area contributed by atoms with E-state index in [-0.39, 0.29) is 24.6 Å². The van der Waals surface area contributed by atoms with Gasteiger partial charge in [0, 0.05) is 31.7 Å². The van der Waals surface area contributed by atoms with Gasteiger partial charge in [0.2, 0.25) is 5.78 Å². The van der Waals surface area contributed by atoms with E-state index in [2.05, 4.69) is 15.3 Å². The summed E-state index contributed by atoms with van der Waals surface area (Å²) in [6, 6.07) is 16.7. The molecule has 0 saturated carbocycles. The summed E-state index contributed by atoms with van der Waals surface area (Å²) in [7, 11) is 1.56. The van der Waals surface area contributed by atoms with Crippen molar-refractivity contribution in [3.8, 4) is 23.0 Å². The van der Waals surface area contributed by atoms with Crippen LogP contribution in [-0.2, 0) is 6.42 Å².